The highest BCUT2D eigenvalue weighted by Crippen LogP contribution is 2.13. The van der Waals surface area contributed by atoms with E-state index in [1.165, 1.54) is 5.57 Å². The van der Waals surface area contributed by atoms with Gasteiger partial charge in [-0.15, -0.1) is 0 Å². The highest BCUT2D eigenvalue weighted by molar-refractivity contribution is 5.75. The van der Waals surface area contributed by atoms with E-state index in [0.717, 1.165) is 57.4 Å². The standard InChI is InChI=1S/C23H41N3O/c1-8-21(6)13-18-26(19-16-24-15-11-12-20(4)5)22(9-2)14-17-25(7)23(27)10-3/h11-12,15,22H,4,6,8-10,13-14,16-19H2,1-3,5,7H3/b12-11-,24-15-. The zero-order valence-electron chi connectivity index (χ0n) is 18.3. The molecule has 0 saturated carbocycles. The molecule has 27 heavy (non-hydrogen) atoms. The first kappa shape index (κ1) is 25.3. The van der Waals surface area contributed by atoms with Gasteiger partial charge in [0.1, 0.15) is 0 Å². The van der Waals surface area contributed by atoms with Gasteiger partial charge in [-0.1, -0.05) is 51.2 Å². The molecule has 0 rings (SSSR count). The van der Waals surface area contributed by atoms with Gasteiger partial charge in [-0.2, -0.15) is 0 Å². The minimum absolute atomic E-state index is 0.213. The van der Waals surface area contributed by atoms with Crippen molar-refractivity contribution in [3.8, 4) is 0 Å². The quantitative estimate of drug-likeness (QED) is 0.232. The van der Waals surface area contributed by atoms with Gasteiger partial charge in [0.05, 0.1) is 6.54 Å². The lowest BCUT2D eigenvalue weighted by atomic mass is 10.1. The van der Waals surface area contributed by atoms with E-state index in [1.54, 1.807) is 0 Å². The summed E-state index contributed by atoms with van der Waals surface area (Å²) in [6, 6.07) is 0.461. The topological polar surface area (TPSA) is 35.9 Å². The van der Waals surface area contributed by atoms with Gasteiger partial charge in [0.15, 0.2) is 0 Å². The van der Waals surface area contributed by atoms with Crippen LogP contribution < -0.4 is 0 Å². The molecule has 0 heterocycles. The zero-order chi connectivity index (χ0) is 20.7. The Morgan fingerprint density at radius 2 is 1.81 bits per heavy atom. The number of hydrogen-bond donors (Lipinski definition) is 0. The summed E-state index contributed by atoms with van der Waals surface area (Å²) >= 11 is 0. The van der Waals surface area contributed by atoms with E-state index in [-0.39, 0.29) is 5.91 Å². The van der Waals surface area contributed by atoms with Gasteiger partial charge in [0.25, 0.3) is 0 Å². The van der Waals surface area contributed by atoms with Crippen LogP contribution in [0.15, 0.2) is 41.4 Å². The molecule has 0 bridgehead atoms. The Morgan fingerprint density at radius 1 is 1.11 bits per heavy atom. The molecule has 0 aliphatic carbocycles. The predicted octanol–water partition coefficient (Wildman–Crippen LogP) is 4.88. The van der Waals surface area contributed by atoms with Crippen LogP contribution in [0.1, 0.15) is 59.8 Å². The molecule has 1 atom stereocenters. The maximum Gasteiger partial charge on any atom is 0.222 e. The fourth-order valence-electron chi connectivity index (χ4n) is 2.87. The monoisotopic (exact) mass is 375 g/mol. The van der Waals surface area contributed by atoms with Gasteiger partial charge < -0.3 is 4.90 Å². The number of carbonyl (C=O) groups is 1. The van der Waals surface area contributed by atoms with Crippen molar-refractivity contribution in [2.24, 2.45) is 4.99 Å². The number of allylic oxidation sites excluding steroid dienone is 3. The first-order valence-corrected chi connectivity index (χ1v) is 10.3. The maximum absolute atomic E-state index is 11.8. The Morgan fingerprint density at radius 3 is 2.37 bits per heavy atom. The summed E-state index contributed by atoms with van der Waals surface area (Å²) in [5.41, 5.74) is 2.32. The van der Waals surface area contributed by atoms with E-state index in [0.29, 0.717) is 12.5 Å². The fraction of sp³-hybridized carbons (Fsp3) is 0.652. The number of aliphatic imine (C=N–C) groups is 1. The van der Waals surface area contributed by atoms with Gasteiger partial charge in [-0.3, -0.25) is 14.7 Å². The molecule has 154 valence electrons. The van der Waals surface area contributed by atoms with Crippen LogP contribution in [-0.4, -0.2) is 61.2 Å². The zero-order valence-corrected chi connectivity index (χ0v) is 18.3. The molecular weight excluding hydrogens is 334 g/mol. The first-order chi connectivity index (χ1) is 12.8. The van der Waals surface area contributed by atoms with Crippen molar-refractivity contribution in [2.45, 2.75) is 65.8 Å². The van der Waals surface area contributed by atoms with E-state index >= 15 is 0 Å². The van der Waals surface area contributed by atoms with Gasteiger partial charge >= 0.3 is 0 Å². The predicted molar refractivity (Wildman–Crippen MR) is 120 cm³/mol. The van der Waals surface area contributed by atoms with Crippen LogP contribution in [0.25, 0.3) is 0 Å². The molecule has 0 saturated heterocycles. The number of rotatable bonds is 15. The van der Waals surface area contributed by atoms with E-state index in [2.05, 4.69) is 36.9 Å². The van der Waals surface area contributed by atoms with Crippen LogP contribution in [0.5, 0.6) is 0 Å². The van der Waals surface area contributed by atoms with Crippen LogP contribution in [-0.2, 0) is 4.79 Å². The molecule has 1 amide bonds. The molecule has 0 aromatic carbocycles. The summed E-state index contributed by atoms with van der Waals surface area (Å²) in [6.07, 6.45) is 10.4. The summed E-state index contributed by atoms with van der Waals surface area (Å²) in [5, 5.41) is 0. The molecule has 0 N–H and O–H groups in total. The van der Waals surface area contributed by atoms with E-state index in [4.69, 9.17) is 0 Å². The number of carbonyl (C=O) groups excluding carboxylic acids is 1. The van der Waals surface area contributed by atoms with E-state index < -0.39 is 0 Å². The lowest BCUT2D eigenvalue weighted by Crippen LogP contribution is -2.40. The van der Waals surface area contributed by atoms with Crippen LogP contribution in [0.3, 0.4) is 0 Å². The van der Waals surface area contributed by atoms with Crippen molar-refractivity contribution in [1.29, 1.82) is 0 Å². The maximum atomic E-state index is 11.8. The fourth-order valence-corrected chi connectivity index (χ4v) is 2.87. The lowest BCUT2D eigenvalue weighted by Gasteiger charge is -2.32. The largest absolute Gasteiger partial charge is 0.346 e. The van der Waals surface area contributed by atoms with Crippen molar-refractivity contribution in [2.75, 3.05) is 33.2 Å². The lowest BCUT2D eigenvalue weighted by molar-refractivity contribution is -0.129. The van der Waals surface area contributed by atoms with Crippen LogP contribution in [0.4, 0.5) is 0 Å². The molecule has 0 fully saturated rings. The number of nitrogens with zero attached hydrogens (tertiary/aromatic N) is 3. The highest BCUT2D eigenvalue weighted by Gasteiger charge is 2.18. The van der Waals surface area contributed by atoms with E-state index in [1.807, 2.05) is 44.2 Å². The Hall–Kier alpha value is -1.68. The molecule has 0 aliphatic heterocycles. The third-order valence-electron chi connectivity index (χ3n) is 4.85. The first-order valence-electron chi connectivity index (χ1n) is 10.3. The smallest absolute Gasteiger partial charge is 0.222 e. The Balaban J connectivity index is 4.78. The third-order valence-corrected chi connectivity index (χ3v) is 4.85. The highest BCUT2D eigenvalue weighted by atomic mass is 16.2. The second-order valence-electron chi connectivity index (χ2n) is 7.17. The van der Waals surface area contributed by atoms with Crippen LogP contribution in [0, 0.1) is 0 Å². The summed E-state index contributed by atoms with van der Waals surface area (Å²) < 4.78 is 0. The molecule has 0 aromatic rings. The van der Waals surface area contributed by atoms with Crippen molar-refractivity contribution >= 4 is 12.1 Å². The average molecular weight is 376 g/mol. The average Bonchev–Trinajstić information content (AvgIpc) is 2.66. The van der Waals surface area contributed by atoms with Crippen molar-refractivity contribution < 1.29 is 4.79 Å². The summed E-state index contributed by atoms with van der Waals surface area (Å²) in [4.78, 5) is 20.7. The van der Waals surface area contributed by atoms with Gasteiger partial charge in [0, 0.05) is 45.4 Å². The molecule has 4 heteroatoms. The van der Waals surface area contributed by atoms with Crippen LogP contribution >= 0.6 is 0 Å². The van der Waals surface area contributed by atoms with Gasteiger partial charge in [-0.05, 0) is 38.7 Å². The Bertz CT molecular complexity index is 508. The van der Waals surface area contributed by atoms with Gasteiger partial charge in [-0.25, -0.2) is 0 Å². The summed E-state index contributed by atoms with van der Waals surface area (Å²) in [5.74, 6) is 0.213. The molecule has 1 unspecified atom stereocenters. The normalized spacial score (nSPS) is 12.8. The minimum atomic E-state index is 0.213. The molecule has 0 radical (unpaired) electrons. The Labute approximate surface area is 167 Å². The van der Waals surface area contributed by atoms with E-state index in [9.17, 15) is 4.79 Å². The van der Waals surface area contributed by atoms with Crippen LogP contribution in [0.2, 0.25) is 0 Å². The molecular formula is C23H41N3O. The Kier molecular flexibility index (Phi) is 14.4. The number of amides is 1. The molecule has 0 spiro atoms. The minimum Gasteiger partial charge on any atom is -0.346 e. The summed E-state index contributed by atoms with van der Waals surface area (Å²) in [6.45, 7) is 19.8. The van der Waals surface area contributed by atoms with Gasteiger partial charge in [0.2, 0.25) is 5.91 Å². The van der Waals surface area contributed by atoms with Crippen molar-refractivity contribution in [1.82, 2.24) is 9.80 Å². The third kappa shape index (κ3) is 12.4. The SMILES string of the molecule is C=C(C)/C=C\C=N/CCN(CCC(=C)CC)C(CC)CCN(C)C(=O)CC. The second kappa shape index (κ2) is 15.4. The second-order valence-corrected chi connectivity index (χ2v) is 7.17. The van der Waals surface area contributed by atoms with Crippen molar-refractivity contribution in [3.05, 3.63) is 36.5 Å². The molecule has 0 aromatic heterocycles. The molecule has 0 aliphatic rings. The molecule has 4 nitrogen and oxygen atoms in total. The van der Waals surface area contributed by atoms with Crippen molar-refractivity contribution in [3.63, 3.8) is 0 Å². The summed E-state index contributed by atoms with van der Waals surface area (Å²) in [7, 11) is 1.90. The number of hydrogen-bond acceptors (Lipinski definition) is 3.